The summed E-state index contributed by atoms with van der Waals surface area (Å²) >= 11 is 6.02. The molecule has 0 heterocycles. The Balaban J connectivity index is 2.55. The largest absolute Gasteiger partial charge is 0.396 e. The number of halogens is 1. The molecule has 88 valence electrons. The Kier molecular flexibility index (Phi) is 5.29. The topological polar surface area (TPSA) is 49.3 Å². The number of benzene rings is 1. The van der Waals surface area contributed by atoms with E-state index in [0.29, 0.717) is 17.9 Å². The smallest absolute Gasteiger partial charge is 0.220 e. The monoisotopic (exact) mass is 241 g/mol. The Morgan fingerprint density at radius 3 is 2.81 bits per heavy atom. The third-order valence-electron chi connectivity index (χ3n) is 2.31. The van der Waals surface area contributed by atoms with Crippen molar-refractivity contribution in [3.63, 3.8) is 0 Å². The molecule has 0 fully saturated rings. The van der Waals surface area contributed by atoms with Crippen molar-refractivity contribution in [1.29, 1.82) is 0 Å². The van der Waals surface area contributed by atoms with E-state index in [1.807, 2.05) is 25.1 Å². The van der Waals surface area contributed by atoms with Crippen molar-refractivity contribution in [2.45, 2.75) is 25.8 Å². The summed E-state index contributed by atoms with van der Waals surface area (Å²) in [6.07, 6.45) is 0.826. The van der Waals surface area contributed by atoms with Crippen LogP contribution in [0.3, 0.4) is 0 Å². The van der Waals surface area contributed by atoms with Gasteiger partial charge in [-0.25, -0.2) is 0 Å². The van der Waals surface area contributed by atoms with Gasteiger partial charge < -0.3 is 10.4 Å². The van der Waals surface area contributed by atoms with Crippen LogP contribution in [0.2, 0.25) is 5.02 Å². The second-order valence-electron chi connectivity index (χ2n) is 3.64. The second-order valence-corrected chi connectivity index (χ2v) is 4.05. The minimum absolute atomic E-state index is 0.0356. The van der Waals surface area contributed by atoms with E-state index >= 15 is 0 Å². The van der Waals surface area contributed by atoms with E-state index in [0.717, 1.165) is 5.56 Å². The summed E-state index contributed by atoms with van der Waals surface area (Å²) in [4.78, 5) is 11.4. The van der Waals surface area contributed by atoms with Crippen molar-refractivity contribution in [1.82, 2.24) is 5.32 Å². The lowest BCUT2D eigenvalue weighted by atomic mass is 10.1. The summed E-state index contributed by atoms with van der Waals surface area (Å²) in [5, 5.41) is 12.1. The summed E-state index contributed by atoms with van der Waals surface area (Å²) in [6, 6.07) is 7.32. The minimum atomic E-state index is -0.111. The molecule has 0 bridgehead atoms. The number of amides is 1. The van der Waals surface area contributed by atoms with Crippen LogP contribution in [-0.4, -0.2) is 17.6 Å². The normalized spacial score (nSPS) is 12.2. The van der Waals surface area contributed by atoms with E-state index in [9.17, 15) is 4.79 Å². The van der Waals surface area contributed by atoms with E-state index in [1.165, 1.54) is 0 Å². The average molecular weight is 242 g/mol. The molecule has 0 radical (unpaired) electrons. The lowest BCUT2D eigenvalue weighted by Gasteiger charge is -2.15. The molecule has 0 aliphatic rings. The Hall–Kier alpha value is -1.06. The van der Waals surface area contributed by atoms with Crippen molar-refractivity contribution in [3.8, 4) is 0 Å². The molecule has 1 amide bonds. The van der Waals surface area contributed by atoms with Crippen LogP contribution in [0.5, 0.6) is 0 Å². The maximum Gasteiger partial charge on any atom is 0.220 e. The van der Waals surface area contributed by atoms with Gasteiger partial charge >= 0.3 is 0 Å². The molecular formula is C12H16ClNO2. The Bertz CT molecular complexity index is 355. The van der Waals surface area contributed by atoms with Crippen LogP contribution in [0.4, 0.5) is 0 Å². The molecule has 1 aromatic carbocycles. The number of nitrogens with one attached hydrogen (secondary N) is 1. The van der Waals surface area contributed by atoms with Crippen molar-refractivity contribution >= 4 is 17.5 Å². The summed E-state index contributed by atoms with van der Waals surface area (Å²) in [7, 11) is 0. The third-order valence-corrected chi connectivity index (χ3v) is 2.66. The van der Waals surface area contributed by atoms with Crippen LogP contribution in [0, 0.1) is 0 Å². The molecule has 0 aromatic heterocycles. The Morgan fingerprint density at radius 2 is 2.19 bits per heavy atom. The number of carbonyl (C=O) groups excluding carboxylic acids is 1. The van der Waals surface area contributed by atoms with Crippen molar-refractivity contribution < 1.29 is 9.90 Å². The number of rotatable bonds is 5. The summed E-state index contributed by atoms with van der Waals surface area (Å²) in [5.41, 5.74) is 0.904. The Morgan fingerprint density at radius 1 is 1.50 bits per heavy atom. The standard InChI is InChI=1S/C12H16ClNO2/c1-9(14-12(16)7-4-8-15)10-5-2-3-6-11(10)13/h2-3,5-6,9,15H,4,7-8H2,1H3,(H,14,16). The first kappa shape index (κ1) is 13.0. The van der Waals surface area contributed by atoms with Gasteiger partial charge in [0.15, 0.2) is 0 Å². The van der Waals surface area contributed by atoms with E-state index < -0.39 is 0 Å². The zero-order valence-electron chi connectivity index (χ0n) is 9.24. The summed E-state index contributed by atoms with van der Waals surface area (Å²) in [5.74, 6) is -0.0681. The van der Waals surface area contributed by atoms with Gasteiger partial charge in [0.1, 0.15) is 0 Å². The molecule has 4 heteroatoms. The molecule has 0 saturated carbocycles. The molecule has 1 aromatic rings. The molecule has 1 unspecified atom stereocenters. The molecule has 0 aliphatic carbocycles. The molecule has 0 saturated heterocycles. The maximum absolute atomic E-state index is 11.4. The van der Waals surface area contributed by atoms with Crippen molar-refractivity contribution in [3.05, 3.63) is 34.9 Å². The van der Waals surface area contributed by atoms with Gasteiger partial charge in [0.2, 0.25) is 5.91 Å². The van der Waals surface area contributed by atoms with Crippen LogP contribution < -0.4 is 5.32 Å². The lowest BCUT2D eigenvalue weighted by Crippen LogP contribution is -2.26. The number of hydrogen-bond donors (Lipinski definition) is 2. The first-order valence-corrected chi connectivity index (χ1v) is 5.67. The highest BCUT2D eigenvalue weighted by atomic mass is 35.5. The van der Waals surface area contributed by atoms with Crippen LogP contribution >= 0.6 is 11.6 Å². The fourth-order valence-corrected chi connectivity index (χ4v) is 1.76. The van der Waals surface area contributed by atoms with Crippen molar-refractivity contribution in [2.75, 3.05) is 6.61 Å². The SMILES string of the molecule is CC(NC(=O)CCCO)c1ccccc1Cl. The van der Waals surface area contributed by atoms with Gasteiger partial charge in [-0.15, -0.1) is 0 Å². The van der Waals surface area contributed by atoms with Crippen LogP contribution in [0.1, 0.15) is 31.4 Å². The summed E-state index contributed by atoms with van der Waals surface area (Å²) < 4.78 is 0. The van der Waals surface area contributed by atoms with Gasteiger partial charge in [-0.2, -0.15) is 0 Å². The number of hydrogen-bond acceptors (Lipinski definition) is 2. The highest BCUT2D eigenvalue weighted by molar-refractivity contribution is 6.31. The van der Waals surface area contributed by atoms with Gasteiger partial charge in [0, 0.05) is 18.1 Å². The third kappa shape index (κ3) is 3.83. The zero-order valence-corrected chi connectivity index (χ0v) is 10.00. The fraction of sp³-hybridized carbons (Fsp3) is 0.417. The van der Waals surface area contributed by atoms with Crippen LogP contribution in [-0.2, 0) is 4.79 Å². The molecule has 3 nitrogen and oxygen atoms in total. The van der Waals surface area contributed by atoms with Gasteiger partial charge in [0.25, 0.3) is 0 Å². The second kappa shape index (κ2) is 6.51. The van der Waals surface area contributed by atoms with Crippen LogP contribution in [0.15, 0.2) is 24.3 Å². The number of carbonyl (C=O) groups is 1. The van der Waals surface area contributed by atoms with Gasteiger partial charge in [-0.05, 0) is 25.0 Å². The maximum atomic E-state index is 11.4. The van der Waals surface area contributed by atoms with Crippen molar-refractivity contribution in [2.24, 2.45) is 0 Å². The predicted molar refractivity (Wildman–Crippen MR) is 64.3 cm³/mol. The minimum Gasteiger partial charge on any atom is -0.396 e. The van der Waals surface area contributed by atoms with Gasteiger partial charge in [-0.1, -0.05) is 29.8 Å². The van der Waals surface area contributed by atoms with Gasteiger partial charge in [0.05, 0.1) is 6.04 Å². The van der Waals surface area contributed by atoms with E-state index in [2.05, 4.69) is 5.32 Å². The highest BCUT2D eigenvalue weighted by Crippen LogP contribution is 2.22. The first-order chi connectivity index (χ1) is 7.65. The highest BCUT2D eigenvalue weighted by Gasteiger charge is 2.11. The van der Waals surface area contributed by atoms with Gasteiger partial charge in [-0.3, -0.25) is 4.79 Å². The van der Waals surface area contributed by atoms with E-state index in [1.54, 1.807) is 6.07 Å². The van der Waals surface area contributed by atoms with E-state index in [4.69, 9.17) is 16.7 Å². The Labute approximate surface area is 100 Å². The number of aliphatic hydroxyl groups is 1. The van der Waals surface area contributed by atoms with Crippen LogP contribution in [0.25, 0.3) is 0 Å². The van der Waals surface area contributed by atoms with E-state index in [-0.39, 0.29) is 18.6 Å². The molecule has 0 aliphatic heterocycles. The first-order valence-electron chi connectivity index (χ1n) is 5.29. The average Bonchev–Trinajstić information content (AvgIpc) is 2.26. The molecule has 0 spiro atoms. The molecule has 1 atom stereocenters. The zero-order chi connectivity index (χ0) is 12.0. The molecule has 2 N–H and O–H groups in total. The predicted octanol–water partition coefficient (Wildman–Crippen LogP) is 2.29. The molecular weight excluding hydrogens is 226 g/mol. The quantitative estimate of drug-likeness (QED) is 0.831. The summed E-state index contributed by atoms with van der Waals surface area (Å²) in [6.45, 7) is 1.92. The fourth-order valence-electron chi connectivity index (χ4n) is 1.46. The lowest BCUT2D eigenvalue weighted by molar-refractivity contribution is -0.122. The number of aliphatic hydroxyl groups excluding tert-OH is 1. The molecule has 1 rings (SSSR count). The molecule has 16 heavy (non-hydrogen) atoms.